The number of aliphatic carboxylic acids is 1. The van der Waals surface area contributed by atoms with E-state index in [1.807, 2.05) is 12.1 Å². The number of amides is 2. The summed E-state index contributed by atoms with van der Waals surface area (Å²) in [6, 6.07) is 6.67. The smallest absolute Gasteiger partial charge is 0.319 e. The molecule has 3 N–H and O–H groups in total. The molecule has 0 saturated carbocycles. The Balaban J connectivity index is 2.75. The molecule has 0 aliphatic rings. The first-order valence-corrected chi connectivity index (χ1v) is 6.94. The molecule has 20 heavy (non-hydrogen) atoms. The molecule has 0 aliphatic carbocycles. The monoisotopic (exact) mass is 342 g/mol. The molecule has 0 fully saturated rings. The molecule has 0 aromatic heterocycles. The van der Waals surface area contributed by atoms with Gasteiger partial charge in [0.15, 0.2) is 0 Å². The number of carboxylic acids is 1. The lowest BCUT2D eigenvalue weighted by atomic mass is 9.74. The number of carbonyl (C=O) groups excluding carboxylic acids is 1. The summed E-state index contributed by atoms with van der Waals surface area (Å²) in [6.07, 6.45) is 0. The predicted molar refractivity (Wildman–Crippen MR) is 81.8 cm³/mol. The molecule has 110 valence electrons. The van der Waals surface area contributed by atoms with Gasteiger partial charge in [-0.15, -0.1) is 0 Å². The third kappa shape index (κ3) is 3.72. The number of halogens is 1. The Morgan fingerprint density at radius 3 is 2.05 bits per heavy atom. The second kappa shape index (κ2) is 5.83. The summed E-state index contributed by atoms with van der Waals surface area (Å²) in [6.45, 7) is 6.52. The first-order chi connectivity index (χ1) is 9.06. The zero-order chi connectivity index (χ0) is 15.6. The molecule has 1 aromatic carbocycles. The average molecular weight is 343 g/mol. The van der Waals surface area contributed by atoms with Gasteiger partial charge in [-0.25, -0.2) is 4.79 Å². The van der Waals surface area contributed by atoms with Gasteiger partial charge in [0, 0.05) is 10.2 Å². The topological polar surface area (TPSA) is 78.4 Å². The van der Waals surface area contributed by atoms with Crippen LogP contribution in [0.15, 0.2) is 28.7 Å². The van der Waals surface area contributed by atoms with Crippen LogP contribution in [0.1, 0.15) is 27.7 Å². The molecular weight excluding hydrogens is 324 g/mol. The van der Waals surface area contributed by atoms with Gasteiger partial charge in [0.25, 0.3) is 0 Å². The van der Waals surface area contributed by atoms with Gasteiger partial charge in [-0.05, 0) is 52.0 Å². The van der Waals surface area contributed by atoms with Crippen LogP contribution in [0.25, 0.3) is 0 Å². The largest absolute Gasteiger partial charge is 0.481 e. The highest BCUT2D eigenvalue weighted by Crippen LogP contribution is 2.30. The van der Waals surface area contributed by atoms with E-state index in [1.165, 1.54) is 0 Å². The van der Waals surface area contributed by atoms with Crippen molar-refractivity contribution in [1.29, 1.82) is 0 Å². The van der Waals surface area contributed by atoms with Crippen molar-refractivity contribution >= 4 is 33.6 Å². The molecule has 2 amide bonds. The zero-order valence-electron chi connectivity index (χ0n) is 12.0. The summed E-state index contributed by atoms with van der Waals surface area (Å²) in [4.78, 5) is 23.2. The van der Waals surface area contributed by atoms with Crippen LogP contribution in [0, 0.1) is 5.41 Å². The van der Waals surface area contributed by atoms with Gasteiger partial charge in [-0.2, -0.15) is 0 Å². The molecule has 5 nitrogen and oxygen atoms in total. The van der Waals surface area contributed by atoms with Crippen LogP contribution in [-0.4, -0.2) is 22.6 Å². The highest BCUT2D eigenvalue weighted by molar-refractivity contribution is 9.10. The first kappa shape index (κ1) is 16.5. The standard InChI is InChI=1S/C14H19BrN2O3/c1-13(2,11(18)19)14(3,4)17-12(20)16-10-7-5-9(15)6-8-10/h5-8H,1-4H3,(H,18,19)(H2,16,17,20). The summed E-state index contributed by atoms with van der Waals surface area (Å²) in [7, 11) is 0. The molecule has 0 spiro atoms. The Kier molecular flexibility index (Phi) is 4.81. The van der Waals surface area contributed by atoms with E-state index in [-0.39, 0.29) is 0 Å². The van der Waals surface area contributed by atoms with E-state index in [0.717, 1.165) is 4.47 Å². The molecule has 0 saturated heterocycles. The molecular formula is C14H19BrN2O3. The fourth-order valence-electron chi connectivity index (χ4n) is 1.40. The van der Waals surface area contributed by atoms with E-state index in [1.54, 1.807) is 39.8 Å². The van der Waals surface area contributed by atoms with Crippen molar-refractivity contribution in [3.8, 4) is 0 Å². The zero-order valence-corrected chi connectivity index (χ0v) is 13.5. The number of carbonyl (C=O) groups is 2. The van der Waals surface area contributed by atoms with Crippen LogP contribution < -0.4 is 10.6 Å². The lowest BCUT2D eigenvalue weighted by Crippen LogP contribution is -2.57. The third-order valence-electron chi connectivity index (χ3n) is 3.63. The lowest BCUT2D eigenvalue weighted by Gasteiger charge is -2.38. The van der Waals surface area contributed by atoms with Gasteiger partial charge in [0.05, 0.1) is 11.0 Å². The van der Waals surface area contributed by atoms with E-state index >= 15 is 0 Å². The molecule has 1 rings (SSSR count). The molecule has 0 radical (unpaired) electrons. The fourth-order valence-corrected chi connectivity index (χ4v) is 1.67. The number of carboxylic acid groups (broad SMARTS) is 1. The molecule has 1 aromatic rings. The Labute approximate surface area is 126 Å². The molecule has 0 atom stereocenters. The first-order valence-electron chi connectivity index (χ1n) is 6.14. The number of nitrogens with one attached hydrogen (secondary N) is 2. The molecule has 0 aliphatic heterocycles. The highest BCUT2D eigenvalue weighted by Gasteiger charge is 2.44. The second-order valence-electron chi connectivity index (χ2n) is 5.64. The quantitative estimate of drug-likeness (QED) is 0.783. The van der Waals surface area contributed by atoms with Crippen molar-refractivity contribution in [2.75, 3.05) is 5.32 Å². The minimum absolute atomic E-state index is 0.438. The van der Waals surface area contributed by atoms with Gasteiger partial charge in [0.2, 0.25) is 0 Å². The van der Waals surface area contributed by atoms with Crippen LogP contribution in [0.3, 0.4) is 0 Å². The van der Waals surface area contributed by atoms with Gasteiger partial charge in [0.1, 0.15) is 0 Å². The summed E-state index contributed by atoms with van der Waals surface area (Å²) in [5, 5.41) is 14.6. The number of hydrogen-bond acceptors (Lipinski definition) is 2. The minimum Gasteiger partial charge on any atom is -0.481 e. The maximum Gasteiger partial charge on any atom is 0.319 e. The van der Waals surface area contributed by atoms with Crippen molar-refractivity contribution in [3.05, 3.63) is 28.7 Å². The van der Waals surface area contributed by atoms with Gasteiger partial charge in [-0.3, -0.25) is 4.79 Å². The predicted octanol–water partition coefficient (Wildman–Crippen LogP) is 3.46. The number of anilines is 1. The summed E-state index contributed by atoms with van der Waals surface area (Å²) in [5.41, 5.74) is -1.36. The van der Waals surface area contributed by atoms with Crippen LogP contribution in [-0.2, 0) is 4.79 Å². The Bertz CT molecular complexity index is 510. The normalized spacial score (nSPS) is 11.8. The minimum atomic E-state index is -1.09. The number of benzene rings is 1. The number of hydrogen-bond donors (Lipinski definition) is 3. The summed E-state index contributed by atoms with van der Waals surface area (Å²) in [5.74, 6) is -0.966. The SMILES string of the molecule is CC(C)(NC(=O)Nc1ccc(Br)cc1)C(C)(C)C(=O)O. The molecule has 6 heteroatoms. The van der Waals surface area contributed by atoms with Crippen LogP contribution >= 0.6 is 15.9 Å². The van der Waals surface area contributed by atoms with Crippen molar-refractivity contribution in [2.24, 2.45) is 5.41 Å². The molecule has 0 unspecified atom stereocenters. The van der Waals surface area contributed by atoms with Crippen molar-refractivity contribution in [3.63, 3.8) is 0 Å². The molecule has 0 heterocycles. The van der Waals surface area contributed by atoms with Gasteiger partial charge < -0.3 is 15.7 Å². The number of urea groups is 1. The van der Waals surface area contributed by atoms with Crippen molar-refractivity contribution < 1.29 is 14.7 Å². The van der Waals surface area contributed by atoms with E-state index in [9.17, 15) is 14.7 Å². The number of rotatable bonds is 4. The van der Waals surface area contributed by atoms with E-state index in [0.29, 0.717) is 5.69 Å². The fraction of sp³-hybridized carbons (Fsp3) is 0.429. The van der Waals surface area contributed by atoms with Crippen molar-refractivity contribution in [2.45, 2.75) is 33.2 Å². The van der Waals surface area contributed by atoms with Crippen LogP contribution in [0.5, 0.6) is 0 Å². The Morgan fingerprint density at radius 2 is 1.60 bits per heavy atom. The average Bonchev–Trinajstić information content (AvgIpc) is 2.31. The summed E-state index contributed by atoms with van der Waals surface area (Å²) < 4.78 is 0.913. The van der Waals surface area contributed by atoms with E-state index < -0.39 is 23.0 Å². The maximum absolute atomic E-state index is 12.0. The Morgan fingerprint density at radius 1 is 1.10 bits per heavy atom. The highest BCUT2D eigenvalue weighted by atomic mass is 79.9. The van der Waals surface area contributed by atoms with Crippen LogP contribution in [0.4, 0.5) is 10.5 Å². The second-order valence-corrected chi connectivity index (χ2v) is 6.56. The Hall–Kier alpha value is -1.56. The van der Waals surface area contributed by atoms with Gasteiger partial charge >= 0.3 is 12.0 Å². The van der Waals surface area contributed by atoms with E-state index in [4.69, 9.17) is 0 Å². The molecule has 0 bridgehead atoms. The maximum atomic E-state index is 12.0. The van der Waals surface area contributed by atoms with Gasteiger partial charge in [-0.1, -0.05) is 15.9 Å². The van der Waals surface area contributed by atoms with Crippen molar-refractivity contribution in [1.82, 2.24) is 5.32 Å². The van der Waals surface area contributed by atoms with E-state index in [2.05, 4.69) is 26.6 Å². The summed E-state index contributed by atoms with van der Waals surface area (Å²) >= 11 is 3.31. The third-order valence-corrected chi connectivity index (χ3v) is 4.15. The lowest BCUT2D eigenvalue weighted by molar-refractivity contribution is -0.150. The van der Waals surface area contributed by atoms with Crippen LogP contribution in [0.2, 0.25) is 0 Å².